The van der Waals surface area contributed by atoms with Crippen molar-refractivity contribution in [3.05, 3.63) is 93.1 Å². The van der Waals surface area contributed by atoms with Gasteiger partial charge in [-0.1, -0.05) is 49.8 Å². The molecule has 2 aromatic rings. The van der Waals surface area contributed by atoms with Crippen LogP contribution in [0.25, 0.3) is 0 Å². The van der Waals surface area contributed by atoms with Crippen LogP contribution in [0.4, 0.5) is 4.39 Å². The van der Waals surface area contributed by atoms with E-state index in [9.17, 15) is 14.0 Å². The van der Waals surface area contributed by atoms with Crippen LogP contribution in [0.5, 0.6) is 0 Å². The third kappa shape index (κ3) is 6.40. The number of carbonyl (C=O) groups is 2. The van der Waals surface area contributed by atoms with E-state index >= 15 is 0 Å². The maximum Gasteiger partial charge on any atom is 0.172 e. The zero-order valence-electron chi connectivity index (χ0n) is 20.3. The number of unbranched alkanes of at least 4 members (excludes halogenated alkanes) is 3. The highest BCUT2D eigenvalue weighted by atomic mass is 32.1. The number of benzene rings is 1. The highest BCUT2D eigenvalue weighted by molar-refractivity contribution is 7.12. The fraction of sp³-hybridized carbons (Fsp3) is 0.367. The van der Waals surface area contributed by atoms with Gasteiger partial charge in [-0.25, -0.2) is 4.39 Å². The van der Waals surface area contributed by atoms with Gasteiger partial charge in [-0.2, -0.15) is 0 Å². The molecular formula is C30H32FNO2S. The highest BCUT2D eigenvalue weighted by Crippen LogP contribution is 2.34. The summed E-state index contributed by atoms with van der Waals surface area (Å²) >= 11 is 1.51. The Morgan fingerprint density at radius 1 is 1.14 bits per heavy atom. The van der Waals surface area contributed by atoms with Gasteiger partial charge in [0, 0.05) is 30.0 Å². The van der Waals surface area contributed by atoms with Gasteiger partial charge < -0.3 is 0 Å². The Bertz CT molecular complexity index is 1190. The first-order chi connectivity index (χ1) is 17.1. The number of thiophene rings is 1. The average Bonchev–Trinajstić information content (AvgIpc) is 3.30. The maximum absolute atomic E-state index is 13.9. The van der Waals surface area contributed by atoms with Crippen LogP contribution in [0.15, 0.2) is 81.8 Å². The van der Waals surface area contributed by atoms with E-state index < -0.39 is 0 Å². The number of rotatable bonds is 10. The van der Waals surface area contributed by atoms with Crippen molar-refractivity contribution in [3.63, 3.8) is 0 Å². The van der Waals surface area contributed by atoms with Crippen LogP contribution in [0.2, 0.25) is 0 Å². The molecule has 2 heterocycles. The van der Waals surface area contributed by atoms with Gasteiger partial charge in [0.1, 0.15) is 5.82 Å². The number of hydrogen-bond acceptors (Lipinski definition) is 4. The molecule has 0 saturated heterocycles. The van der Waals surface area contributed by atoms with E-state index in [0.717, 1.165) is 65.1 Å². The maximum atomic E-state index is 13.9. The van der Waals surface area contributed by atoms with Gasteiger partial charge in [-0.3, -0.25) is 14.6 Å². The minimum absolute atomic E-state index is 0.00916. The van der Waals surface area contributed by atoms with E-state index in [0.29, 0.717) is 25.7 Å². The fourth-order valence-corrected chi connectivity index (χ4v) is 5.52. The molecule has 5 heteroatoms. The monoisotopic (exact) mass is 489 g/mol. The summed E-state index contributed by atoms with van der Waals surface area (Å²) in [4.78, 5) is 30.7. The normalized spacial score (nSPS) is 17.8. The molecule has 0 amide bonds. The number of aliphatic imine (C=N–C) groups is 1. The second-order valence-electron chi connectivity index (χ2n) is 9.11. The number of allylic oxidation sites excluding steroid dienone is 6. The van der Waals surface area contributed by atoms with E-state index in [1.165, 1.54) is 17.4 Å². The molecule has 1 unspecified atom stereocenters. The highest BCUT2D eigenvalue weighted by Gasteiger charge is 2.28. The topological polar surface area (TPSA) is 46.5 Å². The molecule has 1 fully saturated rings. The minimum Gasteiger partial charge on any atom is -0.294 e. The summed E-state index contributed by atoms with van der Waals surface area (Å²) in [5.41, 5.74) is 4.48. The summed E-state index contributed by atoms with van der Waals surface area (Å²) in [7, 11) is 0. The molecule has 4 rings (SSSR count). The van der Waals surface area contributed by atoms with Crippen molar-refractivity contribution in [1.29, 1.82) is 0 Å². The molecule has 182 valence electrons. The van der Waals surface area contributed by atoms with Crippen LogP contribution in [-0.2, 0) is 4.79 Å². The number of hydrogen-bond donors (Lipinski definition) is 0. The zero-order valence-corrected chi connectivity index (χ0v) is 21.1. The van der Waals surface area contributed by atoms with Crippen molar-refractivity contribution in [2.24, 2.45) is 4.99 Å². The number of ketones is 2. The lowest BCUT2D eigenvalue weighted by atomic mass is 9.85. The van der Waals surface area contributed by atoms with Gasteiger partial charge in [0.2, 0.25) is 0 Å². The molecule has 35 heavy (non-hydrogen) atoms. The van der Waals surface area contributed by atoms with Crippen LogP contribution in [0.1, 0.15) is 85.9 Å². The van der Waals surface area contributed by atoms with Crippen molar-refractivity contribution >= 4 is 28.6 Å². The van der Waals surface area contributed by atoms with Gasteiger partial charge in [-0.15, -0.1) is 11.3 Å². The lowest BCUT2D eigenvalue weighted by molar-refractivity contribution is -0.115. The predicted octanol–water partition coefficient (Wildman–Crippen LogP) is 8.16. The number of carbonyl (C=O) groups excluding carboxylic acids is 2. The molecular weight excluding hydrogens is 457 g/mol. The Labute approximate surface area is 211 Å². The summed E-state index contributed by atoms with van der Waals surface area (Å²) in [6.45, 7) is 2.09. The predicted molar refractivity (Wildman–Crippen MR) is 142 cm³/mol. The first-order valence-electron chi connectivity index (χ1n) is 12.6. The van der Waals surface area contributed by atoms with Crippen LogP contribution < -0.4 is 0 Å². The third-order valence-electron chi connectivity index (χ3n) is 6.68. The van der Waals surface area contributed by atoms with Crippen LogP contribution in [-0.4, -0.2) is 17.3 Å². The van der Waals surface area contributed by atoms with E-state index in [1.54, 1.807) is 12.1 Å². The number of nitrogens with zero attached hydrogens (tertiary/aromatic N) is 1. The van der Waals surface area contributed by atoms with Crippen molar-refractivity contribution in [2.45, 2.75) is 70.6 Å². The molecule has 3 nitrogen and oxygen atoms in total. The van der Waals surface area contributed by atoms with Gasteiger partial charge in [-0.05, 0) is 73.2 Å². The smallest absolute Gasteiger partial charge is 0.172 e. The van der Waals surface area contributed by atoms with E-state index in [2.05, 4.69) is 19.1 Å². The lowest BCUT2D eigenvalue weighted by Crippen LogP contribution is -2.22. The van der Waals surface area contributed by atoms with Crippen LogP contribution in [0.3, 0.4) is 0 Å². The second-order valence-corrected chi connectivity index (χ2v) is 10.1. The Hall–Kier alpha value is -2.92. The first kappa shape index (κ1) is 25.2. The van der Waals surface area contributed by atoms with Gasteiger partial charge >= 0.3 is 0 Å². The summed E-state index contributed by atoms with van der Waals surface area (Å²) < 4.78 is 13.9. The van der Waals surface area contributed by atoms with Crippen molar-refractivity contribution in [3.8, 4) is 0 Å². The largest absolute Gasteiger partial charge is 0.294 e. The second kappa shape index (κ2) is 12.2. The molecule has 2 aliphatic rings. The summed E-state index contributed by atoms with van der Waals surface area (Å²) in [6, 6.07) is 10.5. The zero-order chi connectivity index (χ0) is 24.6. The average molecular weight is 490 g/mol. The van der Waals surface area contributed by atoms with Crippen molar-refractivity contribution < 1.29 is 14.0 Å². The van der Waals surface area contributed by atoms with Gasteiger partial charge in [0.05, 0.1) is 10.6 Å². The number of Topliss-reactive ketones (excluding diaryl/α,β-unsaturated/α-hetero) is 2. The van der Waals surface area contributed by atoms with Crippen LogP contribution >= 0.6 is 11.3 Å². The minimum atomic E-state index is -0.243. The number of halogens is 1. The summed E-state index contributed by atoms with van der Waals surface area (Å²) in [5.74, 6) is 0.133. The van der Waals surface area contributed by atoms with Crippen molar-refractivity contribution in [1.82, 2.24) is 0 Å². The Balaban J connectivity index is 1.43. The molecule has 0 spiro atoms. The van der Waals surface area contributed by atoms with Gasteiger partial charge in [0.15, 0.2) is 11.6 Å². The molecule has 1 aromatic heterocycles. The van der Waals surface area contributed by atoms with E-state index in [4.69, 9.17) is 4.99 Å². The Kier molecular flexibility index (Phi) is 8.75. The van der Waals surface area contributed by atoms with E-state index in [1.807, 2.05) is 29.7 Å². The SMILES string of the molecule is CCC(C1=CCC=C2C(=O)CCC(=CCCCCCC(=O)c3cccs3)C2=N1)c1cccc(F)c1. The van der Waals surface area contributed by atoms with Crippen LogP contribution in [0, 0.1) is 5.82 Å². The molecule has 1 atom stereocenters. The fourth-order valence-electron chi connectivity index (χ4n) is 4.82. The summed E-state index contributed by atoms with van der Waals surface area (Å²) in [5, 5.41) is 1.94. The molecule has 1 aliphatic carbocycles. The first-order valence-corrected chi connectivity index (χ1v) is 13.5. The molecule has 0 radical (unpaired) electrons. The molecule has 1 aromatic carbocycles. The molecule has 0 N–H and O–H groups in total. The summed E-state index contributed by atoms with van der Waals surface area (Å²) in [6.07, 6.45) is 13.4. The lowest BCUT2D eigenvalue weighted by Gasteiger charge is -2.21. The number of fused-ring (bicyclic) bond motifs is 1. The third-order valence-corrected chi connectivity index (χ3v) is 7.59. The standard InChI is InChI=1S/C30H32FNO2S/c1-2-24(22-11-7-12-23(31)20-22)26-14-8-13-25-27(33)18-17-21(30(25)32-26)10-5-3-4-6-15-28(34)29-16-9-19-35-29/h7,9-14,16,19-20,24H,2-6,8,15,17-18H2,1H3. The van der Waals surface area contributed by atoms with E-state index in [-0.39, 0.29) is 23.3 Å². The quantitative estimate of drug-likeness (QED) is 0.250. The van der Waals surface area contributed by atoms with Crippen molar-refractivity contribution in [2.75, 3.05) is 0 Å². The molecule has 1 saturated carbocycles. The molecule has 1 aliphatic heterocycles. The Morgan fingerprint density at radius 3 is 2.80 bits per heavy atom. The van der Waals surface area contributed by atoms with Gasteiger partial charge in [0.25, 0.3) is 0 Å². The Morgan fingerprint density at radius 2 is 2.03 bits per heavy atom. The molecule has 0 bridgehead atoms.